The number of rotatable bonds is 5. The Morgan fingerprint density at radius 1 is 1.26 bits per heavy atom. The number of thioether (sulfide) groups is 1. The van der Waals surface area contributed by atoms with Gasteiger partial charge in [-0.05, 0) is 38.5 Å². The van der Waals surface area contributed by atoms with Crippen LogP contribution in [0, 0.1) is 0 Å². The van der Waals surface area contributed by atoms with Crippen LogP contribution < -0.4 is 5.32 Å². The molecule has 7 nitrogen and oxygen atoms in total. The van der Waals surface area contributed by atoms with Crippen molar-refractivity contribution in [3.05, 3.63) is 34.9 Å². The van der Waals surface area contributed by atoms with Gasteiger partial charge < -0.3 is 15.3 Å². The molecule has 2 aliphatic heterocycles. The molecular weight excluding hydrogens is 392 g/mol. The highest BCUT2D eigenvalue weighted by Gasteiger charge is 2.74. The molecule has 9 heteroatoms. The van der Waals surface area contributed by atoms with Gasteiger partial charge in [-0.15, -0.1) is 11.8 Å². The van der Waals surface area contributed by atoms with E-state index in [4.69, 9.17) is 11.6 Å². The van der Waals surface area contributed by atoms with Gasteiger partial charge in [0.15, 0.2) is 5.78 Å². The Morgan fingerprint density at radius 2 is 1.85 bits per heavy atom. The zero-order valence-corrected chi connectivity index (χ0v) is 16.6. The minimum atomic E-state index is -1.73. The number of Topliss-reactive ketones (excluding diaryl/α,β-unsaturated/α-hetero) is 1. The Bertz CT molecular complexity index is 841. The third-order valence-electron chi connectivity index (χ3n) is 4.95. The first-order chi connectivity index (χ1) is 12.5. The number of hydrogen-bond acceptors (Lipinski definition) is 5. The number of nitrogens with zero attached hydrogens (tertiary/aromatic N) is 1. The highest BCUT2D eigenvalue weighted by atomic mass is 35.5. The number of amides is 2. The fraction of sp³-hybridized carbons (Fsp3) is 0.444. The number of carbonyl (C=O) groups excluding carboxylic acids is 3. The Kier molecular flexibility index (Phi) is 4.76. The standard InChI is InChI=1S/C18H19ClN2O5S/c1-9(22)18(20-12(23)8-10-4-6-11(19)7-5-10)15(26)21-13(14(24)25)17(2,3)27-16(18)21/h4-7,13,16H,8H2,1-3H3,(H,20,23)(H,24,25)/t13-,16+,18?/m0/s1. The average Bonchev–Trinajstić information content (AvgIpc) is 2.83. The van der Waals surface area contributed by atoms with E-state index in [-0.39, 0.29) is 6.42 Å². The molecule has 2 heterocycles. The summed E-state index contributed by atoms with van der Waals surface area (Å²) in [5, 5.41) is 11.9. The summed E-state index contributed by atoms with van der Waals surface area (Å²) in [6.45, 7) is 4.66. The highest BCUT2D eigenvalue weighted by molar-refractivity contribution is 8.01. The Balaban J connectivity index is 1.85. The van der Waals surface area contributed by atoms with Gasteiger partial charge in [-0.2, -0.15) is 0 Å². The predicted octanol–water partition coefficient (Wildman–Crippen LogP) is 1.47. The number of benzene rings is 1. The normalized spacial score (nSPS) is 28.3. The molecule has 144 valence electrons. The fourth-order valence-electron chi connectivity index (χ4n) is 3.64. The molecule has 0 aliphatic carbocycles. The Morgan fingerprint density at radius 3 is 2.37 bits per heavy atom. The summed E-state index contributed by atoms with van der Waals surface area (Å²) in [6.07, 6.45) is -0.0252. The lowest BCUT2D eigenvalue weighted by atomic mass is 9.81. The van der Waals surface area contributed by atoms with Gasteiger partial charge in [-0.25, -0.2) is 4.79 Å². The molecule has 0 spiro atoms. The molecule has 27 heavy (non-hydrogen) atoms. The van der Waals surface area contributed by atoms with Crippen molar-refractivity contribution < 1.29 is 24.3 Å². The van der Waals surface area contributed by atoms with Crippen LogP contribution in [0.2, 0.25) is 5.02 Å². The SMILES string of the molecule is CC(=O)C1(NC(=O)Cc2ccc(Cl)cc2)C(=O)N2[C@@H](C(=O)O)C(C)(C)S[C@@H]21. The van der Waals surface area contributed by atoms with Gasteiger partial charge in [0.1, 0.15) is 11.4 Å². The summed E-state index contributed by atoms with van der Waals surface area (Å²) < 4.78 is -0.787. The number of halogens is 1. The van der Waals surface area contributed by atoms with Crippen LogP contribution in [0.1, 0.15) is 26.3 Å². The lowest BCUT2D eigenvalue weighted by molar-refractivity contribution is -0.172. The molecule has 0 aromatic heterocycles. The van der Waals surface area contributed by atoms with Crippen LogP contribution in [0.15, 0.2) is 24.3 Å². The van der Waals surface area contributed by atoms with Crippen molar-refractivity contribution in [1.82, 2.24) is 10.2 Å². The van der Waals surface area contributed by atoms with E-state index in [0.717, 1.165) is 0 Å². The lowest BCUT2D eigenvalue weighted by Gasteiger charge is -2.51. The van der Waals surface area contributed by atoms with Crippen LogP contribution >= 0.6 is 23.4 Å². The molecule has 1 unspecified atom stereocenters. The zero-order valence-electron chi connectivity index (χ0n) is 15.0. The van der Waals surface area contributed by atoms with E-state index in [9.17, 15) is 24.3 Å². The Hall–Kier alpha value is -2.06. The monoisotopic (exact) mass is 410 g/mol. The fourth-order valence-corrected chi connectivity index (χ4v) is 5.52. The second-order valence-corrected chi connectivity index (χ2v) is 9.41. The van der Waals surface area contributed by atoms with E-state index < -0.39 is 45.3 Å². The Labute approximate surface area is 165 Å². The van der Waals surface area contributed by atoms with Gasteiger partial charge in [0.2, 0.25) is 11.4 Å². The molecule has 2 fully saturated rings. The predicted molar refractivity (Wildman–Crippen MR) is 100 cm³/mol. The topological polar surface area (TPSA) is 104 Å². The first-order valence-electron chi connectivity index (χ1n) is 8.30. The summed E-state index contributed by atoms with van der Waals surface area (Å²) in [7, 11) is 0. The van der Waals surface area contributed by atoms with Crippen molar-refractivity contribution in [3.63, 3.8) is 0 Å². The third kappa shape index (κ3) is 3.00. The number of fused-ring (bicyclic) bond motifs is 1. The van der Waals surface area contributed by atoms with E-state index in [2.05, 4.69) is 5.32 Å². The number of aliphatic carboxylic acids is 1. The summed E-state index contributed by atoms with van der Waals surface area (Å²) in [5.74, 6) is -2.80. The maximum absolute atomic E-state index is 12.8. The molecular formula is C18H19ClN2O5S. The first kappa shape index (κ1) is 19.7. The number of ketones is 1. The third-order valence-corrected chi connectivity index (χ3v) is 6.84. The molecule has 2 aliphatic rings. The highest BCUT2D eigenvalue weighted by Crippen LogP contribution is 2.55. The molecule has 2 amide bonds. The average molecular weight is 411 g/mol. The van der Waals surface area contributed by atoms with E-state index >= 15 is 0 Å². The van der Waals surface area contributed by atoms with Gasteiger partial charge in [0.05, 0.1) is 6.42 Å². The molecule has 3 atom stereocenters. The van der Waals surface area contributed by atoms with Gasteiger partial charge >= 0.3 is 5.97 Å². The van der Waals surface area contributed by atoms with Crippen molar-refractivity contribution in [1.29, 1.82) is 0 Å². The molecule has 1 aromatic rings. The second kappa shape index (κ2) is 6.53. The number of hydrogen-bond donors (Lipinski definition) is 2. The van der Waals surface area contributed by atoms with E-state index in [1.165, 1.54) is 23.6 Å². The summed E-state index contributed by atoms with van der Waals surface area (Å²) in [6, 6.07) is 5.61. The van der Waals surface area contributed by atoms with Crippen molar-refractivity contribution >= 4 is 46.9 Å². The number of carboxylic acid groups (broad SMARTS) is 1. The molecule has 2 N–H and O–H groups in total. The number of carbonyl (C=O) groups is 4. The van der Waals surface area contributed by atoms with E-state index in [1.807, 2.05) is 0 Å². The van der Waals surface area contributed by atoms with Gasteiger partial charge in [0.25, 0.3) is 5.91 Å². The number of carboxylic acids is 1. The molecule has 0 bridgehead atoms. The lowest BCUT2D eigenvalue weighted by Crippen LogP contribution is -2.82. The van der Waals surface area contributed by atoms with Crippen molar-refractivity contribution in [3.8, 4) is 0 Å². The quantitative estimate of drug-likeness (QED) is 0.562. The molecule has 2 saturated heterocycles. The smallest absolute Gasteiger partial charge is 0.327 e. The van der Waals surface area contributed by atoms with Crippen molar-refractivity contribution in [2.75, 3.05) is 0 Å². The van der Waals surface area contributed by atoms with Crippen LogP contribution in [0.25, 0.3) is 0 Å². The second-order valence-electron chi connectivity index (χ2n) is 7.24. The van der Waals surface area contributed by atoms with Crippen molar-refractivity contribution in [2.24, 2.45) is 0 Å². The minimum absolute atomic E-state index is 0.0252. The molecule has 0 radical (unpaired) electrons. The van der Waals surface area contributed by atoms with Crippen LogP contribution in [0.4, 0.5) is 0 Å². The van der Waals surface area contributed by atoms with E-state index in [0.29, 0.717) is 10.6 Å². The maximum Gasteiger partial charge on any atom is 0.327 e. The van der Waals surface area contributed by atoms with Crippen LogP contribution in [-0.4, -0.2) is 55.3 Å². The zero-order chi connectivity index (χ0) is 20.1. The van der Waals surface area contributed by atoms with Crippen LogP contribution in [0.3, 0.4) is 0 Å². The molecule has 3 rings (SSSR count). The summed E-state index contributed by atoms with van der Waals surface area (Å²) >= 11 is 7.04. The van der Waals surface area contributed by atoms with Crippen LogP contribution in [0.5, 0.6) is 0 Å². The summed E-state index contributed by atoms with van der Waals surface area (Å²) in [4.78, 5) is 50.6. The van der Waals surface area contributed by atoms with Gasteiger partial charge in [0, 0.05) is 9.77 Å². The van der Waals surface area contributed by atoms with Crippen LogP contribution in [-0.2, 0) is 25.6 Å². The molecule has 1 aromatic carbocycles. The first-order valence-corrected chi connectivity index (χ1v) is 9.56. The maximum atomic E-state index is 12.8. The number of β-lactam (4-membered cyclic amide) rings is 1. The largest absolute Gasteiger partial charge is 0.480 e. The number of nitrogens with one attached hydrogen (secondary N) is 1. The van der Waals surface area contributed by atoms with Crippen molar-refractivity contribution in [2.45, 2.75) is 48.9 Å². The van der Waals surface area contributed by atoms with Gasteiger partial charge in [-0.1, -0.05) is 23.7 Å². The summed E-state index contributed by atoms with van der Waals surface area (Å²) in [5.41, 5.74) is -1.04. The van der Waals surface area contributed by atoms with Gasteiger partial charge in [-0.3, -0.25) is 14.4 Å². The van der Waals surface area contributed by atoms with E-state index in [1.54, 1.807) is 38.1 Å². The minimum Gasteiger partial charge on any atom is -0.480 e. The molecule has 0 saturated carbocycles.